The number of Topliss-reactive ketones (excluding diaryl/α,β-unsaturated/α-hetero) is 1. The number of halogens is 2. The lowest BCUT2D eigenvalue weighted by molar-refractivity contribution is -0.126. The van der Waals surface area contributed by atoms with Crippen molar-refractivity contribution in [1.29, 1.82) is 0 Å². The smallest absolute Gasteiger partial charge is 0.258 e. The SMILES string of the molecule is COc1cc(NC(=O)C(N=Nc2ccc(C)cc2Cl)C(C)=O)cc(OC)c1Cl. The van der Waals surface area contributed by atoms with Crippen molar-refractivity contribution < 1.29 is 19.1 Å². The predicted molar refractivity (Wildman–Crippen MR) is 108 cm³/mol. The van der Waals surface area contributed by atoms with E-state index in [9.17, 15) is 9.59 Å². The van der Waals surface area contributed by atoms with Crippen LogP contribution in [-0.4, -0.2) is 32.0 Å². The van der Waals surface area contributed by atoms with E-state index in [-0.39, 0.29) is 5.02 Å². The number of nitrogens with zero attached hydrogens (tertiary/aromatic N) is 2. The second kappa shape index (κ2) is 9.52. The molecule has 148 valence electrons. The number of methoxy groups -OCH3 is 2. The van der Waals surface area contributed by atoms with E-state index < -0.39 is 17.7 Å². The molecule has 2 rings (SSSR count). The first-order valence-electron chi connectivity index (χ1n) is 8.16. The van der Waals surface area contributed by atoms with Gasteiger partial charge in [0, 0.05) is 17.8 Å². The van der Waals surface area contributed by atoms with Gasteiger partial charge in [-0.15, -0.1) is 0 Å². The van der Waals surface area contributed by atoms with Crippen molar-refractivity contribution in [2.45, 2.75) is 19.9 Å². The molecule has 28 heavy (non-hydrogen) atoms. The van der Waals surface area contributed by atoms with Gasteiger partial charge in [0.05, 0.1) is 19.2 Å². The van der Waals surface area contributed by atoms with E-state index in [0.717, 1.165) is 5.56 Å². The van der Waals surface area contributed by atoms with Crippen LogP contribution in [-0.2, 0) is 9.59 Å². The predicted octanol–water partition coefficient (Wildman–Crippen LogP) is 5.00. The van der Waals surface area contributed by atoms with Crippen molar-refractivity contribution in [3.63, 3.8) is 0 Å². The first-order valence-corrected chi connectivity index (χ1v) is 8.92. The molecular weight excluding hydrogens is 405 g/mol. The Bertz CT molecular complexity index is 906. The second-order valence-electron chi connectivity index (χ2n) is 5.87. The largest absolute Gasteiger partial charge is 0.495 e. The number of carbonyl (C=O) groups is 2. The van der Waals surface area contributed by atoms with Gasteiger partial charge in [-0.05, 0) is 31.5 Å². The Balaban J connectivity index is 2.26. The molecule has 1 unspecified atom stereocenters. The molecule has 1 atom stereocenters. The third-order valence-corrected chi connectivity index (χ3v) is 4.41. The molecule has 0 fully saturated rings. The van der Waals surface area contributed by atoms with Crippen molar-refractivity contribution in [2.24, 2.45) is 10.2 Å². The fraction of sp³-hybridized carbons (Fsp3) is 0.263. The number of ether oxygens (including phenoxy) is 2. The van der Waals surface area contributed by atoms with Gasteiger partial charge in [-0.3, -0.25) is 9.59 Å². The molecule has 2 aromatic rings. The van der Waals surface area contributed by atoms with Crippen molar-refractivity contribution >= 4 is 46.3 Å². The first-order chi connectivity index (χ1) is 13.3. The van der Waals surface area contributed by atoms with Crippen LogP contribution < -0.4 is 14.8 Å². The van der Waals surface area contributed by atoms with E-state index in [2.05, 4.69) is 15.5 Å². The average Bonchev–Trinajstić information content (AvgIpc) is 2.64. The number of carbonyl (C=O) groups excluding carboxylic acids is 2. The van der Waals surface area contributed by atoms with Gasteiger partial charge in [0.15, 0.2) is 5.78 Å². The topological polar surface area (TPSA) is 89.4 Å². The standard InChI is InChI=1S/C19H19Cl2N3O4/c1-10-5-6-14(13(20)7-10)23-24-18(11(2)25)19(26)22-12-8-15(27-3)17(21)16(9-12)28-4/h5-9,18H,1-4H3,(H,22,26). The number of ketones is 1. The number of aryl methyl sites for hydroxylation is 1. The molecule has 0 heterocycles. The second-order valence-corrected chi connectivity index (χ2v) is 6.65. The minimum Gasteiger partial charge on any atom is -0.495 e. The Morgan fingerprint density at radius 1 is 1.07 bits per heavy atom. The van der Waals surface area contributed by atoms with Crippen LogP contribution in [0.2, 0.25) is 10.0 Å². The van der Waals surface area contributed by atoms with Gasteiger partial charge in [0.2, 0.25) is 6.04 Å². The summed E-state index contributed by atoms with van der Waals surface area (Å²) in [6.45, 7) is 3.14. The van der Waals surface area contributed by atoms with E-state index >= 15 is 0 Å². The van der Waals surface area contributed by atoms with Crippen LogP contribution in [0.1, 0.15) is 12.5 Å². The van der Waals surface area contributed by atoms with Gasteiger partial charge in [0.1, 0.15) is 22.2 Å². The maximum atomic E-state index is 12.6. The van der Waals surface area contributed by atoms with Crippen LogP contribution in [0.25, 0.3) is 0 Å². The van der Waals surface area contributed by atoms with Gasteiger partial charge in [0.25, 0.3) is 5.91 Å². The molecule has 0 aromatic heterocycles. The Morgan fingerprint density at radius 2 is 1.68 bits per heavy atom. The number of azo groups is 1. The number of hydrogen-bond acceptors (Lipinski definition) is 6. The highest BCUT2D eigenvalue weighted by atomic mass is 35.5. The van der Waals surface area contributed by atoms with Crippen molar-refractivity contribution in [2.75, 3.05) is 19.5 Å². The quantitative estimate of drug-likeness (QED) is 0.501. The lowest BCUT2D eigenvalue weighted by Gasteiger charge is -2.13. The van der Waals surface area contributed by atoms with Gasteiger partial charge >= 0.3 is 0 Å². The highest BCUT2D eigenvalue weighted by Crippen LogP contribution is 2.37. The molecule has 1 amide bonds. The Hall–Kier alpha value is -2.64. The third kappa shape index (κ3) is 5.21. The fourth-order valence-electron chi connectivity index (χ4n) is 2.28. The number of hydrogen-bond donors (Lipinski definition) is 1. The van der Waals surface area contributed by atoms with Crippen LogP contribution in [0.4, 0.5) is 11.4 Å². The Morgan fingerprint density at radius 3 is 2.18 bits per heavy atom. The van der Waals surface area contributed by atoms with Crippen molar-refractivity contribution in [3.05, 3.63) is 45.9 Å². The summed E-state index contributed by atoms with van der Waals surface area (Å²) in [6, 6.07) is 6.85. The normalized spacial score (nSPS) is 11.9. The molecule has 0 aliphatic heterocycles. The minimum absolute atomic E-state index is 0.264. The summed E-state index contributed by atoms with van der Waals surface area (Å²) in [5, 5.41) is 11.1. The lowest BCUT2D eigenvalue weighted by atomic mass is 10.2. The number of anilines is 1. The molecule has 9 heteroatoms. The summed E-state index contributed by atoms with van der Waals surface area (Å²) in [5.41, 5.74) is 1.65. The van der Waals surface area contributed by atoms with Crippen LogP contribution in [0.5, 0.6) is 11.5 Å². The van der Waals surface area contributed by atoms with Gasteiger partial charge in [-0.1, -0.05) is 29.3 Å². The van der Waals surface area contributed by atoms with Crippen molar-refractivity contribution in [1.82, 2.24) is 0 Å². The molecular formula is C19H19Cl2N3O4. The molecule has 0 spiro atoms. The fourth-order valence-corrected chi connectivity index (χ4v) is 2.82. The molecule has 1 N–H and O–H groups in total. The van der Waals surface area contributed by atoms with Crippen LogP contribution >= 0.6 is 23.2 Å². The van der Waals surface area contributed by atoms with E-state index in [4.69, 9.17) is 32.7 Å². The number of nitrogens with one attached hydrogen (secondary N) is 1. The maximum absolute atomic E-state index is 12.6. The zero-order chi connectivity index (χ0) is 20.8. The van der Waals surface area contributed by atoms with E-state index in [1.807, 2.05) is 6.92 Å². The summed E-state index contributed by atoms with van der Waals surface area (Å²) in [4.78, 5) is 24.5. The summed E-state index contributed by atoms with van der Waals surface area (Å²) < 4.78 is 10.3. The average molecular weight is 424 g/mol. The van der Waals surface area contributed by atoms with Crippen molar-refractivity contribution in [3.8, 4) is 11.5 Å². The molecule has 0 bridgehead atoms. The number of rotatable bonds is 7. The van der Waals surface area contributed by atoms with E-state index in [0.29, 0.717) is 27.9 Å². The van der Waals surface area contributed by atoms with E-state index in [1.54, 1.807) is 18.2 Å². The highest BCUT2D eigenvalue weighted by Gasteiger charge is 2.24. The molecule has 0 aliphatic rings. The first kappa shape index (κ1) is 21.7. The zero-order valence-electron chi connectivity index (χ0n) is 15.7. The van der Waals surface area contributed by atoms with Gasteiger partial charge < -0.3 is 14.8 Å². The zero-order valence-corrected chi connectivity index (χ0v) is 17.3. The molecule has 0 aliphatic carbocycles. The maximum Gasteiger partial charge on any atom is 0.258 e. The minimum atomic E-state index is -1.34. The summed E-state index contributed by atoms with van der Waals surface area (Å²) in [7, 11) is 2.87. The summed E-state index contributed by atoms with van der Waals surface area (Å²) in [6.07, 6.45) is 0. The van der Waals surface area contributed by atoms with Gasteiger partial charge in [-0.2, -0.15) is 10.2 Å². The molecule has 2 aromatic carbocycles. The molecule has 0 radical (unpaired) electrons. The summed E-state index contributed by atoms with van der Waals surface area (Å²) in [5.74, 6) is -0.518. The molecule has 0 saturated carbocycles. The van der Waals surface area contributed by atoms with Crippen LogP contribution in [0.3, 0.4) is 0 Å². The number of amides is 1. The van der Waals surface area contributed by atoms with Crippen LogP contribution in [0, 0.1) is 6.92 Å². The Kier molecular flexibility index (Phi) is 7.37. The van der Waals surface area contributed by atoms with Gasteiger partial charge in [-0.25, -0.2) is 0 Å². The molecule has 7 nitrogen and oxygen atoms in total. The third-order valence-electron chi connectivity index (χ3n) is 3.73. The molecule has 0 saturated heterocycles. The Labute approximate surface area is 172 Å². The summed E-state index contributed by atoms with van der Waals surface area (Å²) >= 11 is 12.2. The highest BCUT2D eigenvalue weighted by molar-refractivity contribution is 6.33. The van der Waals surface area contributed by atoms with Crippen LogP contribution in [0.15, 0.2) is 40.6 Å². The van der Waals surface area contributed by atoms with E-state index in [1.165, 1.54) is 33.3 Å². The number of benzene rings is 2. The monoisotopic (exact) mass is 423 g/mol. The lowest BCUT2D eigenvalue weighted by Crippen LogP contribution is -2.31.